The summed E-state index contributed by atoms with van der Waals surface area (Å²) in [5.74, 6) is 3.80. The van der Waals surface area contributed by atoms with Gasteiger partial charge in [0.25, 0.3) is 0 Å². The molecule has 44 heavy (non-hydrogen) atoms. The average molecular weight is 599 g/mol. The van der Waals surface area contributed by atoms with Crippen molar-refractivity contribution >= 4 is 0 Å². The molecule has 0 aliphatic heterocycles. The van der Waals surface area contributed by atoms with Gasteiger partial charge in [-0.2, -0.15) is 0 Å². The third-order valence-corrected chi connectivity index (χ3v) is 7.90. The third-order valence-electron chi connectivity index (χ3n) is 7.90. The first-order valence-corrected chi connectivity index (χ1v) is 15.3. The van der Waals surface area contributed by atoms with Crippen molar-refractivity contribution in [2.75, 3.05) is 41.7 Å². The Hall–Kier alpha value is -4.00. The van der Waals surface area contributed by atoms with Crippen LogP contribution in [-0.2, 0) is 35.5 Å². The molecule has 0 aliphatic rings. The van der Waals surface area contributed by atoms with Crippen molar-refractivity contribution in [3.63, 3.8) is 0 Å². The molecule has 4 aromatic carbocycles. The fourth-order valence-electron chi connectivity index (χ4n) is 5.56. The van der Waals surface area contributed by atoms with E-state index >= 15 is 0 Å². The second kappa shape index (κ2) is 18.0. The molecular weight excluding hydrogens is 552 g/mol. The van der Waals surface area contributed by atoms with Crippen molar-refractivity contribution in [2.24, 2.45) is 11.8 Å². The third kappa shape index (κ3) is 10.6. The molecule has 2 atom stereocenters. The van der Waals surface area contributed by atoms with Gasteiger partial charge < -0.3 is 28.4 Å². The van der Waals surface area contributed by atoms with E-state index < -0.39 is 0 Å². The van der Waals surface area contributed by atoms with Gasteiger partial charge >= 0.3 is 0 Å². The molecule has 0 heterocycles. The van der Waals surface area contributed by atoms with Crippen molar-refractivity contribution in [1.82, 2.24) is 0 Å². The van der Waals surface area contributed by atoms with Crippen LogP contribution in [0, 0.1) is 11.8 Å². The predicted octanol–water partition coefficient (Wildman–Crippen LogP) is 7.95. The lowest BCUT2D eigenvalue weighted by Crippen LogP contribution is -2.25. The Morgan fingerprint density at radius 2 is 0.909 bits per heavy atom. The summed E-state index contributed by atoms with van der Waals surface area (Å²) in [5.41, 5.74) is 4.73. The van der Waals surface area contributed by atoms with E-state index in [1.165, 1.54) is 11.1 Å². The van der Waals surface area contributed by atoms with Gasteiger partial charge in [0.15, 0.2) is 0 Å². The van der Waals surface area contributed by atoms with Crippen LogP contribution < -0.4 is 18.9 Å². The standard InChI is InChI=1S/C38H46O6/c1-39-35-20-31(21-36(24-35)40-2)26-43-17-11-16-33(18-29-12-7-5-8-13-29)34(19-30-14-9-6-10-15-30)28-44-27-32-22-37(41-3)25-38(23-32)42-4/h5-10,12-15,20-25,33-34H,11,16-19,26-28H2,1-4H3/t33-,34+/m1/s1. The quantitative estimate of drug-likeness (QED) is 0.102. The zero-order valence-corrected chi connectivity index (χ0v) is 26.5. The molecule has 0 aromatic heterocycles. The highest BCUT2D eigenvalue weighted by Crippen LogP contribution is 2.29. The Morgan fingerprint density at radius 3 is 1.36 bits per heavy atom. The van der Waals surface area contributed by atoms with Crippen molar-refractivity contribution in [3.8, 4) is 23.0 Å². The number of methoxy groups -OCH3 is 4. The highest BCUT2D eigenvalue weighted by atomic mass is 16.5. The maximum absolute atomic E-state index is 6.43. The number of hydrogen-bond donors (Lipinski definition) is 0. The summed E-state index contributed by atoms with van der Waals surface area (Å²) in [5, 5.41) is 0. The van der Waals surface area contributed by atoms with Gasteiger partial charge in [-0.05, 0) is 84.0 Å². The van der Waals surface area contributed by atoms with Crippen LogP contribution in [0.3, 0.4) is 0 Å². The van der Waals surface area contributed by atoms with E-state index in [-0.39, 0.29) is 0 Å². The van der Waals surface area contributed by atoms with E-state index in [0.29, 0.717) is 38.3 Å². The van der Waals surface area contributed by atoms with Gasteiger partial charge in [-0.25, -0.2) is 0 Å². The molecule has 0 saturated heterocycles. The molecule has 4 aromatic rings. The van der Waals surface area contributed by atoms with E-state index in [1.54, 1.807) is 28.4 Å². The maximum Gasteiger partial charge on any atom is 0.122 e. The highest BCUT2D eigenvalue weighted by molar-refractivity contribution is 5.39. The van der Waals surface area contributed by atoms with Crippen molar-refractivity contribution in [2.45, 2.75) is 38.9 Å². The first-order valence-electron chi connectivity index (χ1n) is 15.3. The van der Waals surface area contributed by atoms with Gasteiger partial charge in [0.1, 0.15) is 23.0 Å². The monoisotopic (exact) mass is 598 g/mol. The Morgan fingerprint density at radius 1 is 0.477 bits per heavy atom. The summed E-state index contributed by atoms with van der Waals surface area (Å²) in [4.78, 5) is 0. The summed E-state index contributed by atoms with van der Waals surface area (Å²) in [6.45, 7) is 2.32. The molecular formula is C38H46O6. The Balaban J connectivity index is 1.44. The fraction of sp³-hybridized carbons (Fsp3) is 0.368. The summed E-state index contributed by atoms with van der Waals surface area (Å²) in [6, 6.07) is 33.2. The van der Waals surface area contributed by atoms with E-state index in [0.717, 1.165) is 59.8 Å². The van der Waals surface area contributed by atoms with Crippen LogP contribution in [0.4, 0.5) is 0 Å². The number of benzene rings is 4. The first kappa shape index (κ1) is 32.9. The minimum atomic E-state index is 0.327. The lowest BCUT2D eigenvalue weighted by atomic mass is 9.80. The summed E-state index contributed by atoms with van der Waals surface area (Å²) >= 11 is 0. The number of rotatable bonds is 19. The second-order valence-corrected chi connectivity index (χ2v) is 11.1. The molecule has 0 fully saturated rings. The zero-order chi connectivity index (χ0) is 31.0. The average Bonchev–Trinajstić information content (AvgIpc) is 3.07. The van der Waals surface area contributed by atoms with Gasteiger partial charge in [-0.15, -0.1) is 0 Å². The van der Waals surface area contributed by atoms with Gasteiger partial charge in [0.05, 0.1) is 48.3 Å². The molecule has 0 N–H and O–H groups in total. The molecule has 0 aliphatic carbocycles. The fourth-order valence-corrected chi connectivity index (χ4v) is 5.56. The van der Waals surface area contributed by atoms with Crippen LogP contribution in [0.5, 0.6) is 23.0 Å². The van der Waals surface area contributed by atoms with Crippen LogP contribution in [0.15, 0.2) is 97.1 Å². The minimum Gasteiger partial charge on any atom is -0.497 e. The van der Waals surface area contributed by atoms with Crippen LogP contribution in [0.1, 0.15) is 35.1 Å². The maximum atomic E-state index is 6.43. The SMILES string of the molecule is COc1cc(COCCC[C@H](Cc2ccccc2)[C@H](COCc2cc(OC)cc(OC)c2)Cc2ccccc2)cc(OC)c1. The zero-order valence-electron chi connectivity index (χ0n) is 26.5. The van der Waals surface area contributed by atoms with Crippen LogP contribution >= 0.6 is 0 Å². The predicted molar refractivity (Wildman–Crippen MR) is 175 cm³/mol. The van der Waals surface area contributed by atoms with Crippen LogP contribution in [-0.4, -0.2) is 41.7 Å². The Bertz CT molecular complexity index is 1330. The second-order valence-electron chi connectivity index (χ2n) is 11.1. The van der Waals surface area contributed by atoms with E-state index in [4.69, 9.17) is 28.4 Å². The van der Waals surface area contributed by atoms with Gasteiger partial charge in [0.2, 0.25) is 0 Å². The summed E-state index contributed by atoms with van der Waals surface area (Å²) in [7, 11) is 6.66. The number of hydrogen-bond acceptors (Lipinski definition) is 6. The molecule has 0 spiro atoms. The van der Waals surface area contributed by atoms with Crippen LogP contribution in [0.2, 0.25) is 0 Å². The lowest BCUT2D eigenvalue weighted by Gasteiger charge is -2.28. The Kier molecular flexibility index (Phi) is 13.4. The topological polar surface area (TPSA) is 55.4 Å². The first-order chi connectivity index (χ1) is 21.6. The molecule has 4 rings (SSSR count). The molecule has 6 heteroatoms. The summed E-state index contributed by atoms with van der Waals surface area (Å²) < 4.78 is 34.3. The summed E-state index contributed by atoms with van der Waals surface area (Å²) in [6.07, 6.45) is 3.92. The van der Waals surface area contributed by atoms with Crippen molar-refractivity contribution in [1.29, 1.82) is 0 Å². The van der Waals surface area contributed by atoms with Gasteiger partial charge in [-0.3, -0.25) is 0 Å². The number of ether oxygens (including phenoxy) is 6. The minimum absolute atomic E-state index is 0.327. The van der Waals surface area contributed by atoms with Gasteiger partial charge in [0, 0.05) is 18.7 Å². The van der Waals surface area contributed by atoms with E-state index in [9.17, 15) is 0 Å². The normalized spacial score (nSPS) is 12.4. The highest BCUT2D eigenvalue weighted by Gasteiger charge is 2.23. The van der Waals surface area contributed by atoms with Gasteiger partial charge in [-0.1, -0.05) is 60.7 Å². The Labute approximate surface area is 262 Å². The molecule has 0 saturated carbocycles. The smallest absolute Gasteiger partial charge is 0.122 e. The molecule has 0 unspecified atom stereocenters. The van der Waals surface area contributed by atoms with Crippen LogP contribution in [0.25, 0.3) is 0 Å². The lowest BCUT2D eigenvalue weighted by molar-refractivity contribution is 0.0579. The molecule has 6 nitrogen and oxygen atoms in total. The molecule has 0 amide bonds. The largest absolute Gasteiger partial charge is 0.497 e. The molecule has 234 valence electrons. The molecule has 0 bridgehead atoms. The molecule has 0 radical (unpaired) electrons. The van der Waals surface area contributed by atoms with E-state index in [1.807, 2.05) is 36.4 Å². The van der Waals surface area contributed by atoms with Crippen molar-refractivity contribution in [3.05, 3.63) is 119 Å². The van der Waals surface area contributed by atoms with Crippen molar-refractivity contribution < 1.29 is 28.4 Å². The van der Waals surface area contributed by atoms with E-state index in [2.05, 4.69) is 60.7 Å².